The van der Waals surface area contributed by atoms with Gasteiger partial charge in [-0.15, -0.1) is 0 Å². The van der Waals surface area contributed by atoms with Crippen LogP contribution in [0.15, 0.2) is 53.0 Å². The largest absolute Gasteiger partial charge is 0.366 e. The number of benzene rings is 2. The summed E-state index contributed by atoms with van der Waals surface area (Å²) in [5.41, 5.74) is 1.23. The number of hydrogen-bond acceptors (Lipinski definition) is 3. The molecule has 5 heteroatoms. The quantitative estimate of drug-likeness (QED) is 0.787. The fraction of sp³-hybridized carbons (Fsp3) is 0.350. The van der Waals surface area contributed by atoms with Crippen LogP contribution in [0.3, 0.4) is 0 Å². The van der Waals surface area contributed by atoms with Gasteiger partial charge in [-0.25, -0.2) is 4.39 Å². The maximum Gasteiger partial charge on any atom is 0.128 e. The van der Waals surface area contributed by atoms with E-state index in [2.05, 4.69) is 51.3 Å². The number of rotatable bonds is 4. The number of nitrogens with zero attached hydrogens (tertiary/aromatic N) is 2. The van der Waals surface area contributed by atoms with E-state index in [0.29, 0.717) is 18.5 Å². The Hall–Kier alpha value is -1.90. The molecular formula is C20H21BrFN3. The van der Waals surface area contributed by atoms with Crippen molar-refractivity contribution in [1.82, 2.24) is 4.90 Å². The SMILES string of the molecule is C[C@H]1C[C@](C#N)(Nc2cc(F)ccc2Br)CCN1Cc1ccccc1. The minimum Gasteiger partial charge on any atom is -0.366 e. The summed E-state index contributed by atoms with van der Waals surface area (Å²) < 4.78 is 14.3. The summed E-state index contributed by atoms with van der Waals surface area (Å²) in [4.78, 5) is 2.40. The van der Waals surface area contributed by atoms with Crippen LogP contribution in [0, 0.1) is 17.1 Å². The monoisotopic (exact) mass is 401 g/mol. The van der Waals surface area contributed by atoms with Gasteiger partial charge in [0.2, 0.25) is 0 Å². The van der Waals surface area contributed by atoms with E-state index >= 15 is 0 Å². The van der Waals surface area contributed by atoms with Gasteiger partial charge in [0.1, 0.15) is 11.4 Å². The molecule has 2 aromatic carbocycles. The lowest BCUT2D eigenvalue weighted by Crippen LogP contribution is -2.52. The Morgan fingerprint density at radius 2 is 2.08 bits per heavy atom. The zero-order valence-electron chi connectivity index (χ0n) is 14.2. The first-order valence-electron chi connectivity index (χ1n) is 8.44. The minimum absolute atomic E-state index is 0.258. The highest BCUT2D eigenvalue weighted by molar-refractivity contribution is 9.10. The second-order valence-corrected chi connectivity index (χ2v) is 7.56. The second kappa shape index (κ2) is 7.55. The van der Waals surface area contributed by atoms with Crippen molar-refractivity contribution >= 4 is 21.6 Å². The number of halogens is 2. The van der Waals surface area contributed by atoms with Gasteiger partial charge in [0.05, 0.1) is 11.8 Å². The summed E-state index contributed by atoms with van der Waals surface area (Å²) in [5.74, 6) is -0.312. The average molecular weight is 402 g/mol. The molecule has 1 aliphatic rings. The fourth-order valence-electron chi connectivity index (χ4n) is 3.44. The van der Waals surface area contributed by atoms with Crippen LogP contribution in [0.5, 0.6) is 0 Å². The van der Waals surface area contributed by atoms with Gasteiger partial charge >= 0.3 is 0 Å². The van der Waals surface area contributed by atoms with Crippen LogP contribution in [-0.2, 0) is 6.54 Å². The molecule has 1 aliphatic heterocycles. The van der Waals surface area contributed by atoms with E-state index in [4.69, 9.17) is 0 Å². The lowest BCUT2D eigenvalue weighted by atomic mass is 9.84. The van der Waals surface area contributed by atoms with E-state index in [1.807, 2.05) is 18.2 Å². The Bertz CT molecular complexity index is 774. The Kier molecular flexibility index (Phi) is 5.41. The van der Waals surface area contributed by atoms with E-state index in [1.54, 1.807) is 6.07 Å². The Labute approximate surface area is 156 Å². The summed E-state index contributed by atoms with van der Waals surface area (Å²) in [6.07, 6.45) is 1.39. The number of nitrogens with one attached hydrogen (secondary N) is 1. The number of likely N-dealkylation sites (tertiary alicyclic amines) is 1. The summed E-state index contributed by atoms with van der Waals surface area (Å²) in [6, 6.07) is 17.6. The van der Waals surface area contributed by atoms with E-state index in [9.17, 15) is 9.65 Å². The molecular weight excluding hydrogens is 381 g/mol. The molecule has 0 spiro atoms. The van der Waals surface area contributed by atoms with Gasteiger partial charge in [-0.05, 0) is 59.5 Å². The highest BCUT2D eigenvalue weighted by atomic mass is 79.9. The molecule has 1 fully saturated rings. The molecule has 3 nitrogen and oxygen atoms in total. The topological polar surface area (TPSA) is 39.1 Å². The van der Waals surface area contributed by atoms with Crippen LogP contribution < -0.4 is 5.32 Å². The lowest BCUT2D eigenvalue weighted by Gasteiger charge is -2.43. The molecule has 0 aliphatic carbocycles. The van der Waals surface area contributed by atoms with E-state index in [-0.39, 0.29) is 11.9 Å². The summed E-state index contributed by atoms with van der Waals surface area (Å²) in [7, 11) is 0. The number of anilines is 1. The standard InChI is InChI=1S/C20H21BrFN3/c1-15-12-20(14-23,24-19-11-17(22)7-8-18(19)21)9-10-25(15)13-16-5-3-2-4-6-16/h2-8,11,15,24H,9-10,12-13H2,1H3/t15-,20+/m0/s1. The van der Waals surface area contributed by atoms with E-state index in [0.717, 1.165) is 17.6 Å². The van der Waals surface area contributed by atoms with Gasteiger partial charge in [-0.3, -0.25) is 4.90 Å². The van der Waals surface area contributed by atoms with Crippen molar-refractivity contribution in [3.05, 3.63) is 64.4 Å². The first-order chi connectivity index (χ1) is 12.0. The molecule has 25 heavy (non-hydrogen) atoms. The Morgan fingerprint density at radius 3 is 2.76 bits per heavy atom. The first kappa shape index (κ1) is 17.9. The van der Waals surface area contributed by atoms with Crippen molar-refractivity contribution in [2.24, 2.45) is 0 Å². The highest BCUT2D eigenvalue weighted by Crippen LogP contribution is 2.34. The highest BCUT2D eigenvalue weighted by Gasteiger charge is 2.38. The first-order valence-corrected chi connectivity index (χ1v) is 9.23. The molecule has 0 saturated carbocycles. The van der Waals surface area contributed by atoms with Crippen molar-refractivity contribution < 1.29 is 4.39 Å². The van der Waals surface area contributed by atoms with E-state index in [1.165, 1.54) is 17.7 Å². The predicted molar refractivity (Wildman–Crippen MR) is 102 cm³/mol. The number of piperidine rings is 1. The summed E-state index contributed by atoms with van der Waals surface area (Å²) >= 11 is 3.43. The third kappa shape index (κ3) is 4.20. The average Bonchev–Trinajstić information content (AvgIpc) is 2.61. The molecule has 130 valence electrons. The van der Waals surface area contributed by atoms with Crippen LogP contribution in [0.2, 0.25) is 0 Å². The van der Waals surface area contributed by atoms with Crippen molar-refractivity contribution in [2.45, 2.75) is 37.9 Å². The molecule has 2 aromatic rings. The molecule has 0 bridgehead atoms. The van der Waals surface area contributed by atoms with Crippen molar-refractivity contribution in [2.75, 3.05) is 11.9 Å². The summed E-state index contributed by atoms with van der Waals surface area (Å²) in [5, 5.41) is 13.1. The van der Waals surface area contributed by atoms with Crippen LogP contribution in [0.1, 0.15) is 25.3 Å². The number of hydrogen-bond donors (Lipinski definition) is 1. The van der Waals surface area contributed by atoms with Gasteiger partial charge < -0.3 is 5.32 Å². The Morgan fingerprint density at radius 1 is 1.32 bits per heavy atom. The molecule has 1 N–H and O–H groups in total. The number of nitriles is 1. The van der Waals surface area contributed by atoms with Crippen molar-refractivity contribution in [3.8, 4) is 6.07 Å². The zero-order valence-corrected chi connectivity index (χ0v) is 15.8. The molecule has 2 atom stereocenters. The normalized spacial score (nSPS) is 23.8. The molecule has 0 unspecified atom stereocenters. The zero-order chi connectivity index (χ0) is 17.9. The molecule has 3 rings (SSSR count). The van der Waals surface area contributed by atoms with Crippen LogP contribution in [0.25, 0.3) is 0 Å². The third-order valence-electron chi connectivity index (χ3n) is 4.84. The molecule has 0 aromatic heterocycles. The van der Waals surface area contributed by atoms with Crippen LogP contribution in [-0.4, -0.2) is 23.0 Å². The smallest absolute Gasteiger partial charge is 0.128 e. The van der Waals surface area contributed by atoms with Gasteiger partial charge in [0, 0.05) is 23.6 Å². The Balaban J connectivity index is 1.72. The predicted octanol–water partition coefficient (Wildman–Crippen LogP) is 4.95. The van der Waals surface area contributed by atoms with Gasteiger partial charge in [-0.1, -0.05) is 30.3 Å². The molecule has 1 saturated heterocycles. The van der Waals surface area contributed by atoms with Crippen molar-refractivity contribution in [3.63, 3.8) is 0 Å². The summed E-state index contributed by atoms with van der Waals surface area (Å²) in [6.45, 7) is 3.85. The van der Waals surface area contributed by atoms with E-state index < -0.39 is 5.54 Å². The molecule has 0 amide bonds. The molecule has 0 radical (unpaired) electrons. The lowest BCUT2D eigenvalue weighted by molar-refractivity contribution is 0.126. The second-order valence-electron chi connectivity index (χ2n) is 6.70. The van der Waals surface area contributed by atoms with Crippen LogP contribution >= 0.6 is 15.9 Å². The van der Waals surface area contributed by atoms with Gasteiger partial charge in [-0.2, -0.15) is 5.26 Å². The maximum absolute atomic E-state index is 13.6. The van der Waals surface area contributed by atoms with Crippen molar-refractivity contribution in [1.29, 1.82) is 5.26 Å². The van der Waals surface area contributed by atoms with Gasteiger partial charge in [0.25, 0.3) is 0 Å². The van der Waals surface area contributed by atoms with Crippen LogP contribution in [0.4, 0.5) is 10.1 Å². The van der Waals surface area contributed by atoms with Gasteiger partial charge in [0.15, 0.2) is 0 Å². The fourth-order valence-corrected chi connectivity index (χ4v) is 3.78. The maximum atomic E-state index is 13.6. The molecule has 1 heterocycles. The third-order valence-corrected chi connectivity index (χ3v) is 5.53. The minimum atomic E-state index is -0.678.